The highest BCUT2D eigenvalue weighted by Gasteiger charge is 2.35. The van der Waals surface area contributed by atoms with Crippen LogP contribution in [0, 0.1) is 25.8 Å². The van der Waals surface area contributed by atoms with Gasteiger partial charge in [-0.2, -0.15) is 4.57 Å². The average Bonchev–Trinajstić information content (AvgIpc) is 3.23. The smallest absolute Gasteiger partial charge is 0.254 e. The molecule has 1 aliphatic heterocycles. The molecule has 0 unspecified atom stereocenters. The second-order valence-electron chi connectivity index (χ2n) is 16.7. The van der Waals surface area contributed by atoms with E-state index in [1.807, 2.05) is 12.2 Å². The van der Waals surface area contributed by atoms with Crippen LogP contribution in [0.25, 0.3) is 27.4 Å². The normalized spacial score (nSPS) is 14.9. The first kappa shape index (κ1) is 44.3. The van der Waals surface area contributed by atoms with Crippen molar-refractivity contribution < 1.29 is 9.36 Å². The Morgan fingerprint density at radius 2 is 1.34 bits per heavy atom. The van der Waals surface area contributed by atoms with Crippen LogP contribution in [0.3, 0.4) is 0 Å². The highest BCUT2D eigenvalue weighted by Crippen LogP contribution is 2.42. The molecule has 58 heavy (non-hydrogen) atoms. The molecule has 0 bridgehead atoms. The Kier molecular flexibility index (Phi) is 18.0. The molecular formula is C53H69N4O+. The van der Waals surface area contributed by atoms with Gasteiger partial charge in [0, 0.05) is 59.3 Å². The van der Waals surface area contributed by atoms with Gasteiger partial charge in [0.05, 0.1) is 12.0 Å². The van der Waals surface area contributed by atoms with Gasteiger partial charge < -0.3 is 4.90 Å². The summed E-state index contributed by atoms with van der Waals surface area (Å²) in [5.74, 6) is 2.25. The molecule has 0 saturated carbocycles. The fourth-order valence-electron chi connectivity index (χ4n) is 8.55. The number of nitrogens with one attached hydrogen (secondary N) is 1. The number of carbonyl (C=O) groups is 1. The lowest BCUT2D eigenvalue weighted by Gasteiger charge is -2.29. The maximum absolute atomic E-state index is 14.1. The molecule has 5 heteroatoms. The molecule has 1 N–H and O–H groups in total. The monoisotopic (exact) mass is 778 g/mol. The van der Waals surface area contributed by atoms with E-state index in [2.05, 4.69) is 109 Å². The van der Waals surface area contributed by atoms with Crippen molar-refractivity contribution in [3.63, 3.8) is 0 Å². The quantitative estimate of drug-likeness (QED) is 0.0306. The number of hydrogen-bond donors (Lipinski definition) is 1. The van der Waals surface area contributed by atoms with Gasteiger partial charge in [-0.25, -0.2) is 4.85 Å². The average molecular weight is 778 g/mol. The Labute approximate surface area is 350 Å². The van der Waals surface area contributed by atoms with Crippen LogP contribution in [0.5, 0.6) is 0 Å². The molecule has 0 spiro atoms. The standard InChI is InChI=1S/C53H69N4O/c1-6-8-10-12-14-16-18-20-22-24-32-56-34-30-43(45-28-26-41(3)36-50(45)56)38-47-52(49(40-54)55-5)48(53(47)58)39-44-31-35-57(51-37-42(4)27-29-46(44)51)33-25-23-21-19-17-15-13-11-9-7-2/h26-31,34-39,54H,6-25,32-33H2,1-4H3/q+1. The number of anilines is 1. The second kappa shape index (κ2) is 23.6. The fourth-order valence-corrected chi connectivity index (χ4v) is 8.55. The third-order valence-electron chi connectivity index (χ3n) is 12.0. The van der Waals surface area contributed by atoms with Gasteiger partial charge >= 0.3 is 0 Å². The van der Waals surface area contributed by atoms with Crippen molar-refractivity contribution in [1.82, 2.24) is 0 Å². The molecule has 5 rings (SSSR count). The van der Waals surface area contributed by atoms with Crippen LogP contribution in [0.4, 0.5) is 5.69 Å². The van der Waals surface area contributed by atoms with Gasteiger partial charge in [0.1, 0.15) is 6.54 Å². The lowest BCUT2D eigenvalue weighted by molar-refractivity contribution is -0.671. The summed E-state index contributed by atoms with van der Waals surface area (Å²) < 4.78 is 2.35. The van der Waals surface area contributed by atoms with Gasteiger partial charge in [0.15, 0.2) is 12.0 Å². The number of carbonyl (C=O) groups excluding carboxylic acids is 1. The zero-order valence-electron chi connectivity index (χ0n) is 36.2. The van der Waals surface area contributed by atoms with Crippen molar-refractivity contribution >= 4 is 39.9 Å². The number of fused-ring (bicyclic) bond motifs is 2. The number of nitrogens with zero attached hydrogens (tertiary/aromatic N) is 3. The Morgan fingerprint density at radius 1 is 0.759 bits per heavy atom. The first-order chi connectivity index (χ1) is 28.4. The van der Waals surface area contributed by atoms with Crippen LogP contribution in [0.2, 0.25) is 0 Å². The first-order valence-electron chi connectivity index (χ1n) is 22.8. The Morgan fingerprint density at radius 3 is 1.97 bits per heavy atom. The van der Waals surface area contributed by atoms with E-state index in [4.69, 9.17) is 12.0 Å². The van der Waals surface area contributed by atoms with E-state index >= 15 is 0 Å². The highest BCUT2D eigenvalue weighted by atomic mass is 16.1. The van der Waals surface area contributed by atoms with Crippen LogP contribution >= 0.6 is 0 Å². The molecule has 0 fully saturated rings. The van der Waals surface area contributed by atoms with E-state index < -0.39 is 0 Å². The fraction of sp³-hybridized carbons (Fsp3) is 0.491. The minimum Gasteiger partial charge on any atom is -0.347 e. The number of rotatable bonds is 25. The maximum atomic E-state index is 14.1. The number of aromatic nitrogens is 1. The second-order valence-corrected chi connectivity index (χ2v) is 16.7. The van der Waals surface area contributed by atoms with Gasteiger partial charge in [-0.05, 0) is 85.2 Å². The molecule has 2 heterocycles. The topological polar surface area (TPSA) is 52.4 Å². The lowest BCUT2D eigenvalue weighted by Crippen LogP contribution is -2.34. The summed E-state index contributed by atoms with van der Waals surface area (Å²) in [4.78, 5) is 20.1. The molecular weight excluding hydrogens is 709 g/mol. The number of pyridine rings is 1. The minimum absolute atomic E-state index is 0.0660. The Balaban J connectivity index is 1.31. The molecule has 0 amide bonds. The largest absolute Gasteiger partial charge is 0.347 e. The van der Waals surface area contributed by atoms with E-state index in [1.54, 1.807) is 0 Å². The van der Waals surface area contributed by atoms with Crippen LogP contribution in [0.15, 0.2) is 89.4 Å². The van der Waals surface area contributed by atoms with Gasteiger partial charge in [-0.3, -0.25) is 10.2 Å². The summed E-state index contributed by atoms with van der Waals surface area (Å²) >= 11 is 0. The van der Waals surface area contributed by atoms with Gasteiger partial charge in [-0.1, -0.05) is 141 Å². The number of unbranched alkanes of at least 4 members (excludes halogenated alkanes) is 18. The number of benzene rings is 2. The molecule has 0 radical (unpaired) electrons. The van der Waals surface area contributed by atoms with E-state index in [1.165, 1.54) is 127 Å². The summed E-state index contributed by atoms with van der Waals surface area (Å²) in [6, 6.07) is 15.1. The van der Waals surface area contributed by atoms with Gasteiger partial charge in [0.25, 0.3) is 5.70 Å². The SMILES string of the molecule is [C-]#[N+]C(=C=N)C1=C(/C=C2\C=CN(CCCCCCCCCCCC)c3cc(C)ccc32)C(=O)/C1=C\c1cc[n+](CCCCCCCCCCCC)c2cc(C)ccc12. The number of aryl methyl sites for hydroxylation is 3. The summed E-state index contributed by atoms with van der Waals surface area (Å²) in [5, 5.41) is 9.09. The van der Waals surface area contributed by atoms with E-state index in [0.717, 1.165) is 59.2 Å². The van der Waals surface area contributed by atoms with E-state index in [9.17, 15) is 4.79 Å². The zero-order valence-corrected chi connectivity index (χ0v) is 36.2. The third-order valence-corrected chi connectivity index (χ3v) is 12.0. The maximum Gasteiger partial charge on any atom is 0.254 e. The zero-order chi connectivity index (χ0) is 41.1. The van der Waals surface area contributed by atoms with Crippen molar-refractivity contribution in [2.24, 2.45) is 0 Å². The van der Waals surface area contributed by atoms with Crippen LogP contribution in [-0.4, -0.2) is 18.2 Å². The predicted molar refractivity (Wildman–Crippen MR) is 246 cm³/mol. The molecule has 5 nitrogen and oxygen atoms in total. The van der Waals surface area contributed by atoms with Crippen LogP contribution in [-0.2, 0) is 11.3 Å². The Hall–Kier alpha value is -4.78. The van der Waals surface area contributed by atoms with Crippen molar-refractivity contribution in [3.05, 3.63) is 123 Å². The Bertz CT molecular complexity index is 2080. The van der Waals surface area contributed by atoms with Gasteiger partial charge in [-0.15, -0.1) is 0 Å². The molecule has 2 aliphatic rings. The summed E-state index contributed by atoms with van der Waals surface area (Å²) in [5.41, 5.74) is 9.19. The van der Waals surface area contributed by atoms with Crippen molar-refractivity contribution in [2.75, 3.05) is 11.4 Å². The molecule has 1 aliphatic carbocycles. The highest BCUT2D eigenvalue weighted by molar-refractivity contribution is 6.27. The number of hydrogen-bond acceptors (Lipinski definition) is 3. The van der Waals surface area contributed by atoms with E-state index in [-0.39, 0.29) is 11.5 Å². The van der Waals surface area contributed by atoms with Crippen molar-refractivity contribution in [2.45, 2.75) is 163 Å². The van der Waals surface area contributed by atoms with Crippen LogP contribution < -0.4 is 9.47 Å². The first-order valence-corrected chi connectivity index (χ1v) is 22.8. The molecule has 1 aromatic heterocycles. The predicted octanol–water partition coefficient (Wildman–Crippen LogP) is 14.3. The summed E-state index contributed by atoms with van der Waals surface area (Å²) in [7, 11) is 0. The molecule has 0 saturated heterocycles. The summed E-state index contributed by atoms with van der Waals surface area (Å²) in [6.07, 6.45) is 36.5. The van der Waals surface area contributed by atoms with Crippen LogP contribution in [0.1, 0.15) is 165 Å². The lowest BCUT2D eigenvalue weighted by atomic mass is 9.77. The number of ketones is 1. The molecule has 306 valence electrons. The molecule has 2 aromatic carbocycles. The third kappa shape index (κ3) is 12.1. The molecule has 3 aromatic rings. The number of Topliss-reactive ketones (excluding diaryl/α,β-unsaturated/α-hetero) is 1. The minimum atomic E-state index is -0.101. The molecule has 0 atom stereocenters. The van der Waals surface area contributed by atoms with E-state index in [0.29, 0.717) is 16.7 Å². The number of allylic oxidation sites excluding steroid dienone is 5. The van der Waals surface area contributed by atoms with Gasteiger partial charge in [0.2, 0.25) is 5.52 Å². The van der Waals surface area contributed by atoms with Crippen molar-refractivity contribution in [1.29, 1.82) is 5.41 Å². The van der Waals surface area contributed by atoms with Crippen molar-refractivity contribution in [3.8, 4) is 0 Å². The summed E-state index contributed by atoms with van der Waals surface area (Å²) in [6.45, 7) is 18.6.